The normalized spacial score (nSPS) is 13.4. The number of rotatable bonds is 9. The van der Waals surface area contributed by atoms with Gasteiger partial charge in [-0.05, 0) is 76.3 Å². The maximum Gasteiger partial charge on any atom is 0.142 e. The van der Waals surface area contributed by atoms with Crippen molar-refractivity contribution in [3.63, 3.8) is 0 Å². The second kappa shape index (κ2) is 16.5. The van der Waals surface area contributed by atoms with Crippen molar-refractivity contribution >= 4 is 39.9 Å². The maximum atomic E-state index is 6.83. The Morgan fingerprint density at radius 2 is 0.879 bits per heavy atom. The first-order valence-corrected chi connectivity index (χ1v) is 22.5. The van der Waals surface area contributed by atoms with Gasteiger partial charge in [0.2, 0.25) is 0 Å². The SMILES string of the molecule is c1ccc(-c2cccc(-c3ccccc3)c2N2CN(c3cccc(Oc4cccc(N5c6ccccc6C(c6ccccc6)(c6ccccc6)c6cccnc65)c4)c3)c3ccccc32)cc1. The summed E-state index contributed by atoms with van der Waals surface area (Å²) in [5.41, 5.74) is 15.3. The molecule has 0 bridgehead atoms. The van der Waals surface area contributed by atoms with Gasteiger partial charge in [-0.15, -0.1) is 0 Å². The molecule has 0 N–H and O–H groups in total. The number of fused-ring (bicyclic) bond motifs is 3. The molecule has 0 radical (unpaired) electrons. The van der Waals surface area contributed by atoms with Crippen LogP contribution in [0.4, 0.5) is 39.9 Å². The number of ether oxygens (including phenoxy) is 1. The van der Waals surface area contributed by atoms with E-state index in [1.54, 1.807) is 0 Å². The summed E-state index contributed by atoms with van der Waals surface area (Å²) in [6.45, 7) is 0.621. The molecule has 0 unspecified atom stereocenters. The Balaban J connectivity index is 0.911. The number of hydrogen-bond acceptors (Lipinski definition) is 5. The first-order chi connectivity index (χ1) is 32.8. The Labute approximate surface area is 385 Å². The zero-order valence-electron chi connectivity index (χ0n) is 36.2. The van der Waals surface area contributed by atoms with Gasteiger partial charge in [0, 0.05) is 40.7 Å². The fourth-order valence-corrected chi connectivity index (χ4v) is 10.2. The van der Waals surface area contributed by atoms with Crippen LogP contribution in [-0.2, 0) is 5.41 Å². The molecule has 0 atom stereocenters. The van der Waals surface area contributed by atoms with Crippen molar-refractivity contribution < 1.29 is 4.74 Å². The molecule has 0 saturated carbocycles. The summed E-state index contributed by atoms with van der Waals surface area (Å²) in [5, 5.41) is 0. The van der Waals surface area contributed by atoms with Gasteiger partial charge in [-0.1, -0.05) is 188 Å². The summed E-state index contributed by atoms with van der Waals surface area (Å²) in [6.07, 6.45) is 1.90. The predicted molar refractivity (Wildman–Crippen MR) is 270 cm³/mol. The minimum atomic E-state index is -0.593. The van der Waals surface area contributed by atoms with E-state index < -0.39 is 5.41 Å². The number of para-hydroxylation sites is 4. The number of aromatic nitrogens is 1. The topological polar surface area (TPSA) is 31.8 Å². The molecule has 2 aliphatic rings. The molecule has 1 aromatic heterocycles. The van der Waals surface area contributed by atoms with E-state index in [0.29, 0.717) is 6.67 Å². The molecule has 0 fully saturated rings. The third-order valence-electron chi connectivity index (χ3n) is 13.0. The van der Waals surface area contributed by atoms with Crippen LogP contribution in [0, 0.1) is 0 Å². The fourth-order valence-electron chi connectivity index (χ4n) is 10.2. The monoisotopic (exact) mass is 848 g/mol. The second-order valence-electron chi connectivity index (χ2n) is 16.7. The van der Waals surface area contributed by atoms with Crippen molar-refractivity contribution in [3.05, 3.63) is 277 Å². The molecule has 12 rings (SSSR count). The smallest absolute Gasteiger partial charge is 0.142 e. The molecule has 314 valence electrons. The van der Waals surface area contributed by atoms with Crippen LogP contribution in [0.5, 0.6) is 11.5 Å². The standard InChI is InChI=1S/C61H44N4O/c1-5-21-44(22-6-1)52-33-19-34-53(45-23-7-2-8-24-45)59(52)64-43-63(57-38-15-16-39-58(57)64)48-29-17-31-50(41-48)66-51-32-18-30-49(42-51)65-56-37-14-13-35-54(56)61(46-25-9-3-10-26-46,47-27-11-4-12-28-47)55-36-20-40-62-60(55)65/h1-42H,43H2. The number of benzene rings is 9. The number of hydrogen-bond donors (Lipinski definition) is 0. The Bertz CT molecular complexity index is 3190. The van der Waals surface area contributed by atoms with Gasteiger partial charge in [-0.3, -0.25) is 4.90 Å². The molecule has 2 aliphatic heterocycles. The summed E-state index contributed by atoms with van der Waals surface area (Å²) >= 11 is 0. The number of nitrogens with zero attached hydrogens (tertiary/aromatic N) is 4. The summed E-state index contributed by atoms with van der Waals surface area (Å²) in [6, 6.07) is 88.2. The average Bonchev–Trinajstić information content (AvgIpc) is 3.78. The minimum absolute atomic E-state index is 0.593. The Kier molecular flexibility index (Phi) is 9.72. The van der Waals surface area contributed by atoms with Crippen molar-refractivity contribution in [2.45, 2.75) is 5.41 Å². The van der Waals surface area contributed by atoms with Crippen LogP contribution in [0.1, 0.15) is 22.3 Å². The van der Waals surface area contributed by atoms with E-state index in [-0.39, 0.29) is 0 Å². The molecule has 3 heterocycles. The van der Waals surface area contributed by atoms with E-state index in [1.165, 1.54) is 44.6 Å². The minimum Gasteiger partial charge on any atom is -0.457 e. The van der Waals surface area contributed by atoms with E-state index in [1.807, 2.05) is 18.3 Å². The lowest BCUT2D eigenvalue weighted by molar-refractivity contribution is 0.483. The molecule has 66 heavy (non-hydrogen) atoms. The predicted octanol–water partition coefficient (Wildman–Crippen LogP) is 15.6. The van der Waals surface area contributed by atoms with Crippen LogP contribution in [0.25, 0.3) is 22.3 Å². The lowest BCUT2D eigenvalue weighted by Gasteiger charge is -2.45. The second-order valence-corrected chi connectivity index (χ2v) is 16.7. The average molecular weight is 849 g/mol. The highest BCUT2D eigenvalue weighted by molar-refractivity contribution is 5.98. The van der Waals surface area contributed by atoms with Gasteiger partial charge in [0.15, 0.2) is 0 Å². The van der Waals surface area contributed by atoms with Gasteiger partial charge in [0.1, 0.15) is 24.0 Å². The molecule has 5 heteroatoms. The molecule has 0 saturated heterocycles. The molecule has 0 aliphatic carbocycles. The third kappa shape index (κ3) is 6.51. The van der Waals surface area contributed by atoms with Gasteiger partial charge in [0.05, 0.1) is 33.9 Å². The molecule has 0 spiro atoms. The molecule has 10 aromatic rings. The van der Waals surface area contributed by atoms with E-state index in [4.69, 9.17) is 9.72 Å². The Morgan fingerprint density at radius 1 is 0.394 bits per heavy atom. The quantitative estimate of drug-likeness (QED) is 0.144. The first kappa shape index (κ1) is 39.0. The van der Waals surface area contributed by atoms with E-state index in [9.17, 15) is 0 Å². The Hall–Kier alpha value is -8.67. The fraction of sp³-hybridized carbons (Fsp3) is 0.0328. The third-order valence-corrected chi connectivity index (χ3v) is 13.0. The van der Waals surface area contributed by atoms with E-state index in [0.717, 1.165) is 51.3 Å². The number of anilines is 7. The zero-order valence-corrected chi connectivity index (χ0v) is 36.2. The van der Waals surface area contributed by atoms with E-state index >= 15 is 0 Å². The van der Waals surface area contributed by atoms with Crippen molar-refractivity contribution in [2.24, 2.45) is 0 Å². The summed E-state index contributed by atoms with van der Waals surface area (Å²) in [5.74, 6) is 2.36. The largest absolute Gasteiger partial charge is 0.457 e. The van der Waals surface area contributed by atoms with Crippen LogP contribution < -0.4 is 19.4 Å². The highest BCUT2D eigenvalue weighted by Gasteiger charge is 2.47. The summed E-state index contributed by atoms with van der Waals surface area (Å²) in [4.78, 5) is 12.3. The van der Waals surface area contributed by atoms with Crippen LogP contribution in [0.2, 0.25) is 0 Å². The lowest BCUT2D eigenvalue weighted by Crippen LogP contribution is -2.38. The van der Waals surface area contributed by atoms with Gasteiger partial charge in [-0.25, -0.2) is 4.98 Å². The van der Waals surface area contributed by atoms with Crippen LogP contribution in [0.15, 0.2) is 255 Å². The van der Waals surface area contributed by atoms with Crippen LogP contribution in [0.3, 0.4) is 0 Å². The summed E-state index contributed by atoms with van der Waals surface area (Å²) in [7, 11) is 0. The highest BCUT2D eigenvalue weighted by Crippen LogP contribution is 2.57. The lowest BCUT2D eigenvalue weighted by atomic mass is 9.63. The Morgan fingerprint density at radius 3 is 1.50 bits per heavy atom. The van der Waals surface area contributed by atoms with Gasteiger partial charge in [-0.2, -0.15) is 0 Å². The van der Waals surface area contributed by atoms with Crippen LogP contribution >= 0.6 is 0 Å². The zero-order chi connectivity index (χ0) is 43.9. The van der Waals surface area contributed by atoms with Crippen molar-refractivity contribution in [1.29, 1.82) is 0 Å². The van der Waals surface area contributed by atoms with Gasteiger partial charge >= 0.3 is 0 Å². The van der Waals surface area contributed by atoms with Gasteiger partial charge < -0.3 is 14.5 Å². The van der Waals surface area contributed by atoms with Crippen molar-refractivity contribution in [1.82, 2.24) is 4.98 Å². The van der Waals surface area contributed by atoms with Crippen molar-refractivity contribution in [3.8, 4) is 33.8 Å². The maximum absolute atomic E-state index is 6.83. The molecular weight excluding hydrogens is 805 g/mol. The van der Waals surface area contributed by atoms with E-state index in [2.05, 4.69) is 251 Å². The molecular formula is C61H44N4O. The summed E-state index contributed by atoms with van der Waals surface area (Å²) < 4.78 is 6.83. The first-order valence-electron chi connectivity index (χ1n) is 22.5. The number of pyridine rings is 1. The van der Waals surface area contributed by atoms with Crippen LogP contribution in [-0.4, -0.2) is 11.7 Å². The highest BCUT2D eigenvalue weighted by atomic mass is 16.5. The van der Waals surface area contributed by atoms with Gasteiger partial charge in [0.25, 0.3) is 0 Å². The molecule has 9 aromatic carbocycles. The molecule has 0 amide bonds. The molecule has 5 nitrogen and oxygen atoms in total. The van der Waals surface area contributed by atoms with Crippen molar-refractivity contribution in [2.75, 3.05) is 21.4 Å².